The zero-order valence-corrected chi connectivity index (χ0v) is 12.3. The molecule has 1 fully saturated rings. The highest BCUT2D eigenvalue weighted by atomic mass is 16.2. The van der Waals surface area contributed by atoms with Crippen molar-refractivity contribution in [1.29, 1.82) is 0 Å². The number of hydrogen-bond donors (Lipinski definition) is 0. The van der Waals surface area contributed by atoms with Crippen molar-refractivity contribution in [3.8, 4) is 0 Å². The van der Waals surface area contributed by atoms with E-state index >= 15 is 0 Å². The molecule has 0 spiro atoms. The molecule has 3 atom stereocenters. The van der Waals surface area contributed by atoms with Crippen molar-refractivity contribution >= 4 is 5.91 Å². The molecule has 0 saturated carbocycles. The lowest BCUT2D eigenvalue weighted by Crippen LogP contribution is -2.35. The minimum Gasteiger partial charge on any atom is -0.336 e. The van der Waals surface area contributed by atoms with Crippen LogP contribution in [0, 0.1) is 5.92 Å². The maximum Gasteiger partial charge on any atom is 0.223 e. The molecule has 0 aliphatic carbocycles. The van der Waals surface area contributed by atoms with Crippen LogP contribution in [-0.4, -0.2) is 42.4 Å². The average molecular weight is 260 g/mol. The Kier molecular flexibility index (Phi) is 4.25. The van der Waals surface area contributed by atoms with Gasteiger partial charge >= 0.3 is 0 Å². The van der Waals surface area contributed by atoms with E-state index in [1.54, 1.807) is 0 Å². The Hall–Kier alpha value is -1.35. The highest BCUT2D eigenvalue weighted by Gasteiger charge is 2.36. The van der Waals surface area contributed by atoms with E-state index in [1.807, 2.05) is 23.1 Å². The van der Waals surface area contributed by atoms with Gasteiger partial charge in [-0.25, -0.2) is 0 Å². The summed E-state index contributed by atoms with van der Waals surface area (Å²) in [5.41, 5.74) is 1.22. The lowest BCUT2D eigenvalue weighted by atomic mass is 9.99. The van der Waals surface area contributed by atoms with Crippen LogP contribution in [0.2, 0.25) is 0 Å². The topological polar surface area (TPSA) is 23.6 Å². The van der Waals surface area contributed by atoms with Gasteiger partial charge in [0.25, 0.3) is 0 Å². The smallest absolute Gasteiger partial charge is 0.223 e. The van der Waals surface area contributed by atoms with Gasteiger partial charge in [0.2, 0.25) is 5.91 Å². The van der Waals surface area contributed by atoms with Crippen LogP contribution in [0.5, 0.6) is 0 Å². The van der Waals surface area contributed by atoms with Gasteiger partial charge in [-0.2, -0.15) is 0 Å². The highest BCUT2D eigenvalue weighted by molar-refractivity contribution is 5.79. The van der Waals surface area contributed by atoms with Crippen molar-refractivity contribution in [3.63, 3.8) is 0 Å². The second kappa shape index (κ2) is 5.74. The predicted molar refractivity (Wildman–Crippen MR) is 77.8 cm³/mol. The molecule has 19 heavy (non-hydrogen) atoms. The van der Waals surface area contributed by atoms with Crippen LogP contribution in [0.25, 0.3) is 0 Å². The molecule has 104 valence electrons. The van der Waals surface area contributed by atoms with Gasteiger partial charge in [-0.15, -0.1) is 0 Å². The molecule has 1 aromatic carbocycles. The van der Waals surface area contributed by atoms with Crippen molar-refractivity contribution in [1.82, 2.24) is 9.80 Å². The average Bonchev–Trinajstić information content (AvgIpc) is 2.80. The summed E-state index contributed by atoms with van der Waals surface area (Å²) in [6.45, 7) is 5.19. The molecule has 0 N–H and O–H groups in total. The molecule has 3 heteroatoms. The molecule has 1 saturated heterocycles. The SMILES string of the molecule is C[C@H](c1ccccc1)N1C[C@@H]([C@H](C)N(C)C)CC1=O. The zero-order valence-electron chi connectivity index (χ0n) is 12.3. The second-order valence-electron chi connectivity index (χ2n) is 5.80. The number of benzene rings is 1. The Bertz CT molecular complexity index is 430. The molecule has 1 heterocycles. The van der Waals surface area contributed by atoms with Crippen LogP contribution in [0.15, 0.2) is 30.3 Å². The van der Waals surface area contributed by atoms with Crippen molar-refractivity contribution in [3.05, 3.63) is 35.9 Å². The zero-order chi connectivity index (χ0) is 14.0. The molecular weight excluding hydrogens is 236 g/mol. The van der Waals surface area contributed by atoms with Crippen molar-refractivity contribution in [2.75, 3.05) is 20.6 Å². The van der Waals surface area contributed by atoms with E-state index in [-0.39, 0.29) is 11.9 Å². The lowest BCUT2D eigenvalue weighted by Gasteiger charge is -2.28. The standard InChI is InChI=1S/C16H24N2O/c1-12(17(3)4)15-10-16(19)18(11-15)13(2)14-8-6-5-7-9-14/h5-9,12-13,15H,10-11H2,1-4H3/t12-,13+,15-/m0/s1. The summed E-state index contributed by atoms with van der Waals surface area (Å²) in [4.78, 5) is 16.5. The van der Waals surface area contributed by atoms with E-state index in [1.165, 1.54) is 5.56 Å². The summed E-state index contributed by atoms with van der Waals surface area (Å²) in [5, 5.41) is 0. The largest absolute Gasteiger partial charge is 0.336 e. The molecule has 0 aromatic heterocycles. The van der Waals surface area contributed by atoms with E-state index < -0.39 is 0 Å². The Morgan fingerprint density at radius 2 is 1.84 bits per heavy atom. The van der Waals surface area contributed by atoms with Crippen LogP contribution >= 0.6 is 0 Å². The fourth-order valence-electron chi connectivity index (χ4n) is 2.79. The van der Waals surface area contributed by atoms with Crippen LogP contribution in [0.3, 0.4) is 0 Å². The van der Waals surface area contributed by atoms with E-state index in [0.29, 0.717) is 18.4 Å². The fraction of sp³-hybridized carbons (Fsp3) is 0.562. The van der Waals surface area contributed by atoms with Crippen LogP contribution < -0.4 is 0 Å². The van der Waals surface area contributed by atoms with E-state index in [9.17, 15) is 4.79 Å². The molecular formula is C16H24N2O. The number of carbonyl (C=O) groups is 1. The summed E-state index contributed by atoms with van der Waals surface area (Å²) in [7, 11) is 4.16. The van der Waals surface area contributed by atoms with E-state index in [0.717, 1.165) is 6.54 Å². The minimum atomic E-state index is 0.174. The summed E-state index contributed by atoms with van der Waals surface area (Å²) in [6.07, 6.45) is 0.677. The summed E-state index contributed by atoms with van der Waals surface area (Å²) in [6, 6.07) is 10.9. The third kappa shape index (κ3) is 2.98. The van der Waals surface area contributed by atoms with Crippen LogP contribution in [-0.2, 0) is 4.79 Å². The van der Waals surface area contributed by atoms with Crippen LogP contribution in [0.1, 0.15) is 31.9 Å². The first kappa shape index (κ1) is 14.1. The first-order valence-corrected chi connectivity index (χ1v) is 7.01. The van der Waals surface area contributed by atoms with Gasteiger partial charge in [-0.1, -0.05) is 30.3 Å². The minimum absolute atomic E-state index is 0.174. The van der Waals surface area contributed by atoms with Gasteiger partial charge in [-0.3, -0.25) is 4.79 Å². The predicted octanol–water partition coefficient (Wildman–Crippen LogP) is 2.55. The number of likely N-dealkylation sites (tertiary alicyclic amines) is 1. The normalized spacial score (nSPS) is 22.9. The summed E-state index contributed by atoms with van der Waals surface area (Å²) in [5.74, 6) is 0.726. The highest BCUT2D eigenvalue weighted by Crippen LogP contribution is 2.30. The van der Waals surface area contributed by atoms with Crippen molar-refractivity contribution in [2.45, 2.75) is 32.4 Å². The lowest BCUT2D eigenvalue weighted by molar-refractivity contribution is -0.129. The molecule has 0 bridgehead atoms. The number of nitrogens with zero attached hydrogens (tertiary/aromatic N) is 2. The molecule has 2 rings (SSSR count). The molecule has 0 radical (unpaired) electrons. The maximum absolute atomic E-state index is 12.2. The maximum atomic E-state index is 12.2. The van der Waals surface area contributed by atoms with Crippen molar-refractivity contribution in [2.24, 2.45) is 5.92 Å². The van der Waals surface area contributed by atoms with Gasteiger partial charge in [-0.05, 0) is 33.5 Å². The Morgan fingerprint density at radius 1 is 1.21 bits per heavy atom. The number of carbonyl (C=O) groups excluding carboxylic acids is 1. The van der Waals surface area contributed by atoms with Gasteiger partial charge in [0.1, 0.15) is 0 Å². The van der Waals surface area contributed by atoms with Crippen molar-refractivity contribution < 1.29 is 4.79 Å². The Labute approximate surface area is 116 Å². The third-order valence-corrected chi connectivity index (χ3v) is 4.43. The van der Waals surface area contributed by atoms with Crippen LogP contribution in [0.4, 0.5) is 0 Å². The number of hydrogen-bond acceptors (Lipinski definition) is 2. The van der Waals surface area contributed by atoms with E-state index in [2.05, 4.69) is 45.0 Å². The number of amides is 1. The second-order valence-corrected chi connectivity index (χ2v) is 5.80. The summed E-state index contributed by atoms with van der Waals surface area (Å²) >= 11 is 0. The molecule has 1 aromatic rings. The monoisotopic (exact) mass is 260 g/mol. The number of rotatable bonds is 4. The molecule has 3 nitrogen and oxygen atoms in total. The summed E-state index contributed by atoms with van der Waals surface area (Å²) < 4.78 is 0. The molecule has 1 amide bonds. The molecule has 1 aliphatic heterocycles. The van der Waals surface area contributed by atoms with E-state index in [4.69, 9.17) is 0 Å². The quantitative estimate of drug-likeness (QED) is 0.830. The fourth-order valence-corrected chi connectivity index (χ4v) is 2.79. The van der Waals surface area contributed by atoms with Gasteiger partial charge in [0.05, 0.1) is 6.04 Å². The van der Waals surface area contributed by atoms with Gasteiger partial charge in [0.15, 0.2) is 0 Å². The first-order chi connectivity index (χ1) is 9.00. The molecule has 0 unspecified atom stereocenters. The molecule has 1 aliphatic rings. The Balaban J connectivity index is 2.08. The third-order valence-electron chi connectivity index (χ3n) is 4.43. The Morgan fingerprint density at radius 3 is 2.42 bits per heavy atom. The van der Waals surface area contributed by atoms with Gasteiger partial charge < -0.3 is 9.80 Å². The van der Waals surface area contributed by atoms with Gasteiger partial charge in [0, 0.05) is 24.9 Å². The first-order valence-electron chi connectivity index (χ1n) is 7.01.